The van der Waals surface area contributed by atoms with Crippen LogP contribution in [0.15, 0.2) is 52.5 Å². The Balaban J connectivity index is 2.12. The summed E-state index contributed by atoms with van der Waals surface area (Å²) in [7, 11) is -2.30. The molecule has 0 fully saturated rings. The fourth-order valence-electron chi connectivity index (χ4n) is 2.14. The summed E-state index contributed by atoms with van der Waals surface area (Å²) < 4.78 is 29.5. The Labute approximate surface area is 148 Å². The highest BCUT2D eigenvalue weighted by molar-refractivity contribution is 7.89. The van der Waals surface area contributed by atoms with E-state index >= 15 is 0 Å². The van der Waals surface area contributed by atoms with Crippen molar-refractivity contribution in [2.24, 2.45) is 5.10 Å². The monoisotopic (exact) mass is 362 g/mol. The zero-order chi connectivity index (χ0) is 18.7. The molecule has 0 unspecified atom stereocenters. The minimum Gasteiger partial charge on any atom is -0.504 e. The smallest absolute Gasteiger partial charge is 0.276 e. The first-order valence-electron chi connectivity index (χ1n) is 7.66. The van der Waals surface area contributed by atoms with E-state index in [1.807, 2.05) is 0 Å². The summed E-state index contributed by atoms with van der Waals surface area (Å²) in [6.07, 6.45) is 1.31. The maximum Gasteiger partial charge on any atom is 0.276 e. The topological polar surface area (TPSA) is 88.0 Å². The van der Waals surface area contributed by atoms with Crippen molar-refractivity contribution in [2.45, 2.75) is 31.1 Å². The van der Waals surface area contributed by atoms with E-state index in [4.69, 9.17) is 4.74 Å². The van der Waals surface area contributed by atoms with Crippen molar-refractivity contribution in [3.05, 3.63) is 53.6 Å². The summed E-state index contributed by atoms with van der Waals surface area (Å²) in [5.41, 5.74) is 1.53. The summed E-state index contributed by atoms with van der Waals surface area (Å²) in [5.74, 6) is 0.281. The second-order valence-electron chi connectivity index (χ2n) is 6.56. The van der Waals surface area contributed by atoms with E-state index in [2.05, 4.69) is 30.7 Å². The van der Waals surface area contributed by atoms with E-state index in [0.717, 1.165) is 5.56 Å². The summed E-state index contributed by atoms with van der Waals surface area (Å²) in [4.78, 5) is 2.29. The number of phenolic OH excluding ortho intramolecular Hbond substituents is 1. The zero-order valence-electron chi connectivity index (χ0n) is 14.6. The maximum atomic E-state index is 12.3. The normalized spacial score (nSPS) is 12.3. The molecule has 0 saturated carbocycles. The molecule has 0 saturated heterocycles. The lowest BCUT2D eigenvalue weighted by Gasteiger charge is -2.19. The molecule has 2 rings (SSSR count). The van der Waals surface area contributed by atoms with Crippen LogP contribution in [0.5, 0.6) is 11.5 Å². The van der Waals surface area contributed by atoms with E-state index in [1.54, 1.807) is 36.4 Å². The van der Waals surface area contributed by atoms with Gasteiger partial charge in [-0.15, -0.1) is 0 Å². The lowest BCUT2D eigenvalue weighted by Crippen LogP contribution is -2.19. The summed E-state index contributed by atoms with van der Waals surface area (Å²) in [6, 6.07) is 11.3. The second-order valence-corrected chi connectivity index (χ2v) is 8.22. The molecular formula is C18H22N2O4S. The van der Waals surface area contributed by atoms with E-state index in [0.29, 0.717) is 11.3 Å². The van der Waals surface area contributed by atoms with Gasteiger partial charge in [0.05, 0.1) is 18.2 Å². The number of benzene rings is 2. The van der Waals surface area contributed by atoms with Gasteiger partial charge in [-0.25, -0.2) is 4.83 Å². The number of rotatable bonds is 5. The molecule has 2 aromatic rings. The van der Waals surface area contributed by atoms with E-state index < -0.39 is 10.0 Å². The largest absolute Gasteiger partial charge is 0.504 e. The number of sulfonamides is 1. The third-order valence-electron chi connectivity index (χ3n) is 3.62. The number of nitrogens with one attached hydrogen (secondary N) is 1. The Hall–Kier alpha value is -2.54. The van der Waals surface area contributed by atoms with Crippen LogP contribution < -0.4 is 9.57 Å². The van der Waals surface area contributed by atoms with Crippen molar-refractivity contribution in [1.82, 2.24) is 4.83 Å². The Morgan fingerprint density at radius 2 is 1.76 bits per heavy atom. The highest BCUT2D eigenvalue weighted by atomic mass is 32.2. The van der Waals surface area contributed by atoms with Gasteiger partial charge in [-0.3, -0.25) is 0 Å². The van der Waals surface area contributed by atoms with Gasteiger partial charge < -0.3 is 9.84 Å². The van der Waals surface area contributed by atoms with Crippen molar-refractivity contribution in [2.75, 3.05) is 7.11 Å². The lowest BCUT2D eigenvalue weighted by atomic mass is 9.87. The highest BCUT2D eigenvalue weighted by Gasteiger charge is 2.17. The fourth-order valence-corrected chi connectivity index (χ4v) is 2.94. The first kappa shape index (κ1) is 18.8. The van der Waals surface area contributed by atoms with Gasteiger partial charge >= 0.3 is 0 Å². The van der Waals surface area contributed by atoms with Crippen LogP contribution in [0.4, 0.5) is 0 Å². The molecule has 0 spiro atoms. The molecule has 6 nitrogen and oxygen atoms in total. The molecule has 0 radical (unpaired) electrons. The van der Waals surface area contributed by atoms with Gasteiger partial charge in [0.1, 0.15) is 0 Å². The van der Waals surface area contributed by atoms with E-state index in [9.17, 15) is 13.5 Å². The average Bonchev–Trinajstić information content (AvgIpc) is 2.54. The van der Waals surface area contributed by atoms with Gasteiger partial charge in [-0.2, -0.15) is 13.5 Å². The van der Waals surface area contributed by atoms with Gasteiger partial charge in [-0.05, 0) is 46.9 Å². The van der Waals surface area contributed by atoms with Crippen molar-refractivity contribution in [3.8, 4) is 11.5 Å². The van der Waals surface area contributed by atoms with Crippen molar-refractivity contribution in [1.29, 1.82) is 0 Å². The molecule has 7 heteroatoms. The van der Waals surface area contributed by atoms with Gasteiger partial charge in [-0.1, -0.05) is 32.9 Å². The average molecular weight is 362 g/mol. The van der Waals surface area contributed by atoms with Crippen LogP contribution in [0.1, 0.15) is 31.9 Å². The van der Waals surface area contributed by atoms with Gasteiger partial charge in [0, 0.05) is 0 Å². The van der Waals surface area contributed by atoms with Crippen molar-refractivity contribution in [3.63, 3.8) is 0 Å². The van der Waals surface area contributed by atoms with Crippen LogP contribution in [-0.4, -0.2) is 26.8 Å². The van der Waals surface area contributed by atoms with Gasteiger partial charge in [0.2, 0.25) is 0 Å². The predicted octanol–water partition coefficient (Wildman–Crippen LogP) is 3.01. The first-order chi connectivity index (χ1) is 11.6. The van der Waals surface area contributed by atoms with Gasteiger partial charge in [0.15, 0.2) is 11.5 Å². The number of hydrogen-bond donors (Lipinski definition) is 2. The molecule has 0 bridgehead atoms. The SMILES string of the molecule is COc1ccc(/C=N/NS(=O)(=O)c2ccc(C(C)(C)C)cc2)cc1O. The summed E-state index contributed by atoms with van der Waals surface area (Å²) >= 11 is 0. The first-order valence-corrected chi connectivity index (χ1v) is 9.14. The third-order valence-corrected chi connectivity index (χ3v) is 4.86. The Morgan fingerprint density at radius 1 is 1.12 bits per heavy atom. The third kappa shape index (κ3) is 4.73. The highest BCUT2D eigenvalue weighted by Crippen LogP contribution is 2.25. The van der Waals surface area contributed by atoms with Crippen LogP contribution in [0.2, 0.25) is 0 Å². The molecule has 134 valence electrons. The Bertz CT molecular complexity index is 867. The molecule has 25 heavy (non-hydrogen) atoms. The Kier molecular flexibility index (Phi) is 5.37. The van der Waals surface area contributed by atoms with E-state index in [1.165, 1.54) is 19.4 Å². The zero-order valence-corrected chi connectivity index (χ0v) is 15.5. The Morgan fingerprint density at radius 3 is 2.28 bits per heavy atom. The molecule has 0 aliphatic heterocycles. The molecule has 0 aliphatic carbocycles. The molecule has 0 atom stereocenters. The van der Waals surface area contributed by atoms with Crippen LogP contribution in [0, 0.1) is 0 Å². The van der Waals surface area contributed by atoms with E-state index in [-0.39, 0.29) is 16.1 Å². The predicted molar refractivity (Wildman–Crippen MR) is 97.7 cm³/mol. The molecule has 2 aromatic carbocycles. The number of ether oxygens (including phenoxy) is 1. The van der Waals surface area contributed by atoms with Crippen LogP contribution in [0.25, 0.3) is 0 Å². The fraction of sp³-hybridized carbons (Fsp3) is 0.278. The minimum absolute atomic E-state index is 0.0490. The minimum atomic E-state index is -3.75. The lowest BCUT2D eigenvalue weighted by molar-refractivity contribution is 0.373. The number of nitrogens with zero attached hydrogens (tertiary/aromatic N) is 1. The molecular weight excluding hydrogens is 340 g/mol. The molecule has 0 heterocycles. The van der Waals surface area contributed by atoms with Crippen molar-refractivity contribution < 1.29 is 18.3 Å². The number of phenols is 1. The van der Waals surface area contributed by atoms with Gasteiger partial charge in [0.25, 0.3) is 10.0 Å². The second kappa shape index (κ2) is 7.14. The number of hydrazone groups is 1. The number of methoxy groups -OCH3 is 1. The molecule has 0 amide bonds. The maximum absolute atomic E-state index is 12.3. The quantitative estimate of drug-likeness (QED) is 0.632. The van der Waals surface area contributed by atoms with Crippen molar-refractivity contribution >= 4 is 16.2 Å². The summed E-state index contributed by atoms with van der Waals surface area (Å²) in [6.45, 7) is 6.18. The number of hydrogen-bond acceptors (Lipinski definition) is 5. The molecule has 0 aromatic heterocycles. The van der Waals surface area contributed by atoms with Crippen LogP contribution in [0.3, 0.4) is 0 Å². The van der Waals surface area contributed by atoms with Crippen LogP contribution >= 0.6 is 0 Å². The van der Waals surface area contributed by atoms with Crippen LogP contribution in [-0.2, 0) is 15.4 Å². The number of aromatic hydroxyl groups is 1. The summed E-state index contributed by atoms with van der Waals surface area (Å²) in [5, 5.41) is 13.4. The standard InChI is InChI=1S/C18H22N2O4S/c1-18(2,3)14-6-8-15(9-7-14)25(22,23)20-19-12-13-5-10-17(24-4)16(21)11-13/h5-12,20-21H,1-4H3/b19-12+. The molecule has 0 aliphatic rings. The molecule has 2 N–H and O–H groups in total.